The van der Waals surface area contributed by atoms with E-state index in [1.54, 1.807) is 12.1 Å². The maximum atomic E-state index is 12.9. The number of nitrogens with zero attached hydrogens (tertiary/aromatic N) is 1. The molecule has 0 N–H and O–H groups in total. The molecule has 0 amide bonds. The van der Waals surface area contributed by atoms with Crippen LogP contribution in [-0.2, 0) is 9.53 Å². The van der Waals surface area contributed by atoms with Crippen molar-refractivity contribution in [1.29, 1.82) is 0 Å². The lowest BCUT2D eigenvalue weighted by molar-refractivity contribution is -0.0251. The molecule has 1 aromatic rings. The second-order valence-electron chi connectivity index (χ2n) is 5.30. The molecule has 4 heteroatoms. The average molecular weight is 263 g/mol. The normalized spacial score (nSPS) is 23.3. The van der Waals surface area contributed by atoms with E-state index >= 15 is 0 Å². The summed E-state index contributed by atoms with van der Waals surface area (Å²) in [5.41, 5.74) is 1.06. The Labute approximate surface area is 112 Å². The van der Waals surface area contributed by atoms with Gasteiger partial charge in [0.1, 0.15) is 17.4 Å². The Morgan fingerprint density at radius 2 is 2.05 bits per heavy atom. The zero-order valence-electron chi connectivity index (χ0n) is 11.4. The summed E-state index contributed by atoms with van der Waals surface area (Å²) >= 11 is 0. The summed E-state index contributed by atoms with van der Waals surface area (Å²) in [6.45, 7) is 2.56. The van der Waals surface area contributed by atoms with E-state index < -0.39 is 5.60 Å². The summed E-state index contributed by atoms with van der Waals surface area (Å²) in [5.74, 6) is 1.69. The molecular weight excluding hydrogens is 245 g/mol. The van der Waals surface area contributed by atoms with Gasteiger partial charge in [-0.2, -0.15) is 0 Å². The topological polar surface area (TPSA) is 29.5 Å². The lowest BCUT2D eigenvalue weighted by Crippen LogP contribution is -2.31. The molecule has 0 saturated heterocycles. The molecular formula is C15H18FNO2. The SMILES string of the molecule is CC(OC1(CN(C)C)CC1=C=O)c1ccc(F)cc1. The molecule has 1 fully saturated rings. The van der Waals surface area contributed by atoms with E-state index in [-0.39, 0.29) is 11.9 Å². The quantitative estimate of drug-likeness (QED) is 0.764. The van der Waals surface area contributed by atoms with Crippen molar-refractivity contribution < 1.29 is 13.9 Å². The highest BCUT2D eigenvalue weighted by Gasteiger charge is 2.53. The van der Waals surface area contributed by atoms with E-state index in [2.05, 4.69) is 0 Å². The largest absolute Gasteiger partial charge is 0.361 e. The molecule has 1 aliphatic rings. The van der Waals surface area contributed by atoms with Gasteiger partial charge in [-0.15, -0.1) is 0 Å². The van der Waals surface area contributed by atoms with E-state index in [9.17, 15) is 9.18 Å². The number of rotatable bonds is 5. The molecule has 2 rings (SSSR count). The maximum absolute atomic E-state index is 12.9. The Kier molecular flexibility index (Phi) is 3.85. The van der Waals surface area contributed by atoms with Crippen molar-refractivity contribution in [3.63, 3.8) is 0 Å². The third-order valence-corrected chi connectivity index (χ3v) is 3.32. The van der Waals surface area contributed by atoms with Gasteiger partial charge in [0.2, 0.25) is 0 Å². The van der Waals surface area contributed by atoms with Gasteiger partial charge in [0.15, 0.2) is 0 Å². The van der Waals surface area contributed by atoms with Crippen LogP contribution >= 0.6 is 0 Å². The predicted molar refractivity (Wildman–Crippen MR) is 71.0 cm³/mol. The highest BCUT2D eigenvalue weighted by atomic mass is 19.1. The third-order valence-electron chi connectivity index (χ3n) is 3.32. The van der Waals surface area contributed by atoms with Crippen LogP contribution in [-0.4, -0.2) is 37.1 Å². The minimum Gasteiger partial charge on any atom is -0.361 e. The van der Waals surface area contributed by atoms with Gasteiger partial charge in [-0.25, -0.2) is 9.18 Å². The van der Waals surface area contributed by atoms with Gasteiger partial charge in [0, 0.05) is 13.0 Å². The smallest absolute Gasteiger partial charge is 0.126 e. The van der Waals surface area contributed by atoms with E-state index in [1.807, 2.05) is 31.9 Å². The Bertz CT molecular complexity index is 505. The molecule has 2 unspecified atom stereocenters. The van der Waals surface area contributed by atoms with Gasteiger partial charge in [-0.1, -0.05) is 12.1 Å². The fraction of sp³-hybridized carbons (Fsp3) is 0.467. The van der Waals surface area contributed by atoms with Gasteiger partial charge in [-0.05, 0) is 38.7 Å². The van der Waals surface area contributed by atoms with Crippen molar-refractivity contribution >= 4 is 5.94 Å². The molecule has 0 heterocycles. The standard InChI is InChI=1S/C15H18FNO2/c1-11(12-4-6-14(16)7-5-12)19-15(10-17(2)3)8-13(15)9-18/h4-7,11H,8,10H2,1-3H3. The van der Waals surface area contributed by atoms with Crippen LogP contribution in [0.1, 0.15) is 25.0 Å². The Hall–Kier alpha value is -1.48. The number of benzene rings is 1. The molecule has 0 spiro atoms. The number of carbonyl (C=O) groups excluding carboxylic acids is 1. The van der Waals surface area contributed by atoms with Crippen LogP contribution in [0, 0.1) is 5.82 Å². The van der Waals surface area contributed by atoms with Gasteiger partial charge in [0.05, 0.1) is 11.7 Å². The van der Waals surface area contributed by atoms with Crippen LogP contribution in [0.5, 0.6) is 0 Å². The number of likely N-dealkylation sites (N-methyl/N-ethyl adjacent to an activating group) is 1. The highest BCUT2D eigenvalue weighted by Crippen LogP contribution is 2.47. The van der Waals surface area contributed by atoms with Crippen molar-refractivity contribution in [2.75, 3.05) is 20.6 Å². The molecule has 1 aliphatic carbocycles. The van der Waals surface area contributed by atoms with E-state index in [0.717, 1.165) is 5.56 Å². The van der Waals surface area contributed by atoms with Crippen molar-refractivity contribution in [3.8, 4) is 0 Å². The van der Waals surface area contributed by atoms with Crippen LogP contribution in [0.4, 0.5) is 4.39 Å². The number of ether oxygens (including phenoxy) is 1. The number of halogens is 1. The minimum absolute atomic E-state index is 0.189. The van der Waals surface area contributed by atoms with E-state index in [4.69, 9.17) is 4.74 Å². The second-order valence-corrected chi connectivity index (χ2v) is 5.30. The molecule has 2 atom stereocenters. The first-order valence-electron chi connectivity index (χ1n) is 6.29. The lowest BCUT2D eigenvalue weighted by Gasteiger charge is -2.24. The van der Waals surface area contributed by atoms with Crippen LogP contribution in [0.2, 0.25) is 0 Å². The summed E-state index contributed by atoms with van der Waals surface area (Å²) in [5, 5.41) is 0. The van der Waals surface area contributed by atoms with Crippen LogP contribution in [0.15, 0.2) is 29.8 Å². The van der Waals surface area contributed by atoms with Gasteiger partial charge in [-0.3, -0.25) is 0 Å². The monoisotopic (exact) mass is 263 g/mol. The Morgan fingerprint density at radius 3 is 2.53 bits per heavy atom. The highest BCUT2D eigenvalue weighted by molar-refractivity contribution is 5.65. The first kappa shape index (κ1) is 13.9. The lowest BCUT2D eigenvalue weighted by atomic mass is 10.1. The summed E-state index contributed by atoms with van der Waals surface area (Å²) in [6, 6.07) is 6.24. The molecule has 1 saturated carbocycles. The summed E-state index contributed by atoms with van der Waals surface area (Å²) in [4.78, 5) is 12.8. The molecule has 102 valence electrons. The molecule has 0 aliphatic heterocycles. The number of hydrogen-bond donors (Lipinski definition) is 0. The third kappa shape index (κ3) is 3.10. The Balaban J connectivity index is 2.10. The van der Waals surface area contributed by atoms with Crippen molar-refractivity contribution in [2.45, 2.75) is 25.0 Å². The van der Waals surface area contributed by atoms with Crippen molar-refractivity contribution in [2.24, 2.45) is 0 Å². The molecule has 19 heavy (non-hydrogen) atoms. The summed E-state index contributed by atoms with van der Waals surface area (Å²) < 4.78 is 18.9. The zero-order valence-corrected chi connectivity index (χ0v) is 11.4. The van der Waals surface area contributed by atoms with Crippen LogP contribution in [0.25, 0.3) is 0 Å². The average Bonchev–Trinajstić information content (AvgIpc) is 3.01. The van der Waals surface area contributed by atoms with Gasteiger partial charge in [0.25, 0.3) is 0 Å². The fourth-order valence-electron chi connectivity index (χ4n) is 2.32. The minimum atomic E-state index is -0.515. The van der Waals surface area contributed by atoms with Crippen LogP contribution < -0.4 is 0 Å². The summed E-state index contributed by atoms with van der Waals surface area (Å²) in [7, 11) is 3.88. The maximum Gasteiger partial charge on any atom is 0.126 e. The van der Waals surface area contributed by atoms with E-state index in [1.165, 1.54) is 12.1 Å². The molecule has 0 radical (unpaired) electrons. The van der Waals surface area contributed by atoms with E-state index in [0.29, 0.717) is 18.5 Å². The fourth-order valence-corrected chi connectivity index (χ4v) is 2.32. The predicted octanol–water partition coefficient (Wildman–Crippen LogP) is 2.37. The van der Waals surface area contributed by atoms with Gasteiger partial charge >= 0.3 is 0 Å². The molecule has 0 bridgehead atoms. The Morgan fingerprint density at radius 1 is 1.42 bits per heavy atom. The van der Waals surface area contributed by atoms with Crippen LogP contribution in [0.3, 0.4) is 0 Å². The molecule has 3 nitrogen and oxygen atoms in total. The van der Waals surface area contributed by atoms with Crippen molar-refractivity contribution in [3.05, 3.63) is 41.2 Å². The molecule has 1 aromatic carbocycles. The van der Waals surface area contributed by atoms with Gasteiger partial charge < -0.3 is 9.64 Å². The summed E-state index contributed by atoms with van der Waals surface area (Å²) in [6.07, 6.45) is 0.437. The molecule has 0 aromatic heterocycles. The zero-order chi connectivity index (χ0) is 14.0. The first-order valence-corrected chi connectivity index (χ1v) is 6.29. The van der Waals surface area contributed by atoms with Crippen molar-refractivity contribution in [1.82, 2.24) is 4.90 Å². The second kappa shape index (κ2) is 5.25. The number of hydrogen-bond acceptors (Lipinski definition) is 3. The first-order chi connectivity index (χ1) is 8.97.